The SMILES string of the molecule is CON(C)C(=O)[C@H](COC(C)(C)C)NC(=O)OCC1c2ccccc2-c2ccccc21. The van der Waals surface area contributed by atoms with Crippen LogP contribution in [0.4, 0.5) is 4.79 Å². The van der Waals surface area contributed by atoms with Gasteiger partial charge in [0.1, 0.15) is 12.6 Å². The van der Waals surface area contributed by atoms with Gasteiger partial charge in [0.2, 0.25) is 0 Å². The van der Waals surface area contributed by atoms with Crippen LogP contribution in [0.1, 0.15) is 37.8 Å². The molecule has 0 bridgehead atoms. The van der Waals surface area contributed by atoms with Crippen molar-refractivity contribution < 1.29 is 23.9 Å². The Balaban J connectivity index is 1.68. The van der Waals surface area contributed by atoms with Crippen LogP contribution in [0.15, 0.2) is 48.5 Å². The maximum atomic E-state index is 12.6. The van der Waals surface area contributed by atoms with Gasteiger partial charge in [0.15, 0.2) is 0 Å². The summed E-state index contributed by atoms with van der Waals surface area (Å²) in [5.74, 6) is -0.486. The minimum atomic E-state index is -0.931. The number of nitrogens with one attached hydrogen (secondary N) is 1. The molecule has 3 rings (SSSR count). The first-order valence-corrected chi connectivity index (χ1v) is 10.3. The lowest BCUT2D eigenvalue weighted by atomic mass is 9.98. The highest BCUT2D eigenvalue weighted by Gasteiger charge is 2.31. The Morgan fingerprint density at radius 1 is 1.03 bits per heavy atom. The number of carbonyl (C=O) groups is 2. The maximum absolute atomic E-state index is 12.6. The Hall–Kier alpha value is -2.90. The first-order chi connectivity index (χ1) is 14.7. The van der Waals surface area contributed by atoms with Crippen molar-refractivity contribution in [2.45, 2.75) is 38.3 Å². The van der Waals surface area contributed by atoms with Gasteiger partial charge in [-0.25, -0.2) is 9.86 Å². The second kappa shape index (κ2) is 9.49. The summed E-state index contributed by atoms with van der Waals surface area (Å²) in [6, 6.07) is 15.3. The highest BCUT2D eigenvalue weighted by Crippen LogP contribution is 2.44. The fraction of sp³-hybridized carbons (Fsp3) is 0.417. The Labute approximate surface area is 183 Å². The van der Waals surface area contributed by atoms with E-state index in [-0.39, 0.29) is 19.1 Å². The molecule has 1 aliphatic rings. The molecule has 2 aromatic carbocycles. The Bertz CT molecular complexity index is 892. The summed E-state index contributed by atoms with van der Waals surface area (Å²) in [5, 5.41) is 3.68. The molecule has 0 fully saturated rings. The second-order valence-electron chi connectivity index (χ2n) is 8.46. The summed E-state index contributed by atoms with van der Waals surface area (Å²) in [6.07, 6.45) is -0.678. The third kappa shape index (κ3) is 5.42. The Kier molecular flexibility index (Phi) is 6.97. The molecule has 2 amide bonds. The van der Waals surface area contributed by atoms with Crippen LogP contribution in [0.5, 0.6) is 0 Å². The molecular formula is C24H30N2O5. The van der Waals surface area contributed by atoms with Gasteiger partial charge in [-0.1, -0.05) is 48.5 Å². The average molecular weight is 427 g/mol. The number of hydroxylamine groups is 2. The molecule has 7 heteroatoms. The summed E-state index contributed by atoms with van der Waals surface area (Å²) >= 11 is 0. The molecule has 2 aromatic rings. The molecule has 1 atom stereocenters. The van der Waals surface area contributed by atoms with Gasteiger partial charge < -0.3 is 14.8 Å². The lowest BCUT2D eigenvalue weighted by Gasteiger charge is -2.26. The molecular weight excluding hydrogens is 396 g/mol. The third-order valence-electron chi connectivity index (χ3n) is 5.20. The second-order valence-corrected chi connectivity index (χ2v) is 8.46. The van der Waals surface area contributed by atoms with Crippen molar-refractivity contribution >= 4 is 12.0 Å². The molecule has 0 saturated heterocycles. The van der Waals surface area contributed by atoms with Crippen LogP contribution in [0, 0.1) is 0 Å². The predicted molar refractivity (Wildman–Crippen MR) is 117 cm³/mol. The van der Waals surface area contributed by atoms with E-state index in [9.17, 15) is 9.59 Å². The fourth-order valence-corrected chi connectivity index (χ4v) is 3.60. The van der Waals surface area contributed by atoms with Crippen molar-refractivity contribution in [3.05, 3.63) is 59.7 Å². The number of amides is 2. The zero-order valence-electron chi connectivity index (χ0n) is 18.7. The van der Waals surface area contributed by atoms with Crippen molar-refractivity contribution in [2.75, 3.05) is 27.4 Å². The van der Waals surface area contributed by atoms with E-state index in [1.807, 2.05) is 45.0 Å². The topological polar surface area (TPSA) is 77.1 Å². The summed E-state index contributed by atoms with van der Waals surface area (Å²) in [6.45, 7) is 5.80. The minimum Gasteiger partial charge on any atom is -0.449 e. The monoisotopic (exact) mass is 426 g/mol. The molecule has 0 spiro atoms. The molecule has 0 heterocycles. The third-order valence-corrected chi connectivity index (χ3v) is 5.20. The zero-order valence-corrected chi connectivity index (χ0v) is 18.7. The molecule has 0 saturated carbocycles. The number of rotatable bonds is 7. The van der Waals surface area contributed by atoms with E-state index < -0.39 is 23.6 Å². The smallest absolute Gasteiger partial charge is 0.407 e. The summed E-state index contributed by atoms with van der Waals surface area (Å²) in [4.78, 5) is 30.1. The fourth-order valence-electron chi connectivity index (χ4n) is 3.60. The summed E-state index contributed by atoms with van der Waals surface area (Å²) < 4.78 is 11.3. The van der Waals surface area contributed by atoms with Crippen LogP contribution in [-0.4, -0.2) is 56.1 Å². The largest absolute Gasteiger partial charge is 0.449 e. The molecule has 31 heavy (non-hydrogen) atoms. The van der Waals surface area contributed by atoms with Crippen molar-refractivity contribution in [1.82, 2.24) is 10.4 Å². The van der Waals surface area contributed by atoms with Crippen molar-refractivity contribution in [2.24, 2.45) is 0 Å². The van der Waals surface area contributed by atoms with Gasteiger partial charge in [-0.05, 0) is 43.0 Å². The molecule has 7 nitrogen and oxygen atoms in total. The number of alkyl carbamates (subject to hydrolysis) is 1. The number of fused-ring (bicyclic) bond motifs is 3. The number of ether oxygens (including phenoxy) is 2. The normalized spacial score (nSPS) is 13.8. The minimum absolute atomic E-state index is 0.000227. The summed E-state index contributed by atoms with van der Waals surface area (Å²) in [5.41, 5.74) is 4.09. The van der Waals surface area contributed by atoms with Gasteiger partial charge in [0.05, 0.1) is 19.3 Å². The van der Waals surface area contributed by atoms with Gasteiger partial charge in [0, 0.05) is 13.0 Å². The van der Waals surface area contributed by atoms with Crippen molar-refractivity contribution in [1.29, 1.82) is 0 Å². The zero-order chi connectivity index (χ0) is 22.6. The highest BCUT2D eigenvalue weighted by atomic mass is 16.7. The van der Waals surface area contributed by atoms with Gasteiger partial charge in [-0.3, -0.25) is 9.63 Å². The highest BCUT2D eigenvalue weighted by molar-refractivity contribution is 5.85. The number of hydrogen-bond acceptors (Lipinski definition) is 5. The van der Waals surface area contributed by atoms with Crippen LogP contribution < -0.4 is 5.32 Å². The van der Waals surface area contributed by atoms with Gasteiger partial charge in [-0.2, -0.15) is 0 Å². The van der Waals surface area contributed by atoms with Gasteiger partial charge in [0.25, 0.3) is 5.91 Å². The van der Waals surface area contributed by atoms with Crippen LogP contribution in [0.25, 0.3) is 11.1 Å². The lowest BCUT2D eigenvalue weighted by Crippen LogP contribution is -2.50. The molecule has 0 aromatic heterocycles. The van der Waals surface area contributed by atoms with Crippen molar-refractivity contribution in [3.8, 4) is 11.1 Å². The quantitative estimate of drug-likeness (QED) is 0.683. The van der Waals surface area contributed by atoms with Crippen LogP contribution in [0.3, 0.4) is 0 Å². The molecule has 0 unspecified atom stereocenters. The Morgan fingerprint density at radius 2 is 1.58 bits per heavy atom. The number of benzene rings is 2. The standard InChI is InChI=1S/C24H30N2O5/c1-24(2,3)31-15-21(22(27)26(4)29-5)25-23(28)30-14-20-18-12-8-6-10-16(18)17-11-7-9-13-19(17)20/h6-13,20-21H,14-15H2,1-5H3,(H,25,28)/t21-/m0/s1. The van der Waals surface area contributed by atoms with E-state index in [0.717, 1.165) is 27.3 Å². The molecule has 1 aliphatic carbocycles. The first-order valence-electron chi connectivity index (χ1n) is 10.3. The molecule has 166 valence electrons. The predicted octanol–water partition coefficient (Wildman–Crippen LogP) is 3.73. The number of carbonyl (C=O) groups excluding carboxylic acids is 2. The first kappa shape index (κ1) is 22.8. The van der Waals surface area contributed by atoms with Crippen molar-refractivity contribution in [3.63, 3.8) is 0 Å². The summed E-state index contributed by atoms with van der Waals surface area (Å²) in [7, 11) is 2.86. The van der Waals surface area contributed by atoms with E-state index >= 15 is 0 Å². The average Bonchev–Trinajstić information content (AvgIpc) is 3.07. The number of hydrogen-bond donors (Lipinski definition) is 1. The van der Waals surface area contributed by atoms with E-state index in [4.69, 9.17) is 14.3 Å². The van der Waals surface area contributed by atoms with E-state index in [1.54, 1.807) is 0 Å². The molecule has 1 N–H and O–H groups in total. The van der Waals surface area contributed by atoms with Gasteiger partial charge in [-0.15, -0.1) is 0 Å². The lowest BCUT2D eigenvalue weighted by molar-refractivity contribution is -0.173. The molecule has 0 aliphatic heterocycles. The van der Waals surface area contributed by atoms with E-state index in [2.05, 4.69) is 29.6 Å². The molecule has 0 radical (unpaired) electrons. The van der Waals surface area contributed by atoms with Gasteiger partial charge >= 0.3 is 6.09 Å². The van der Waals surface area contributed by atoms with Crippen LogP contribution >= 0.6 is 0 Å². The number of nitrogens with zero attached hydrogens (tertiary/aromatic N) is 1. The van der Waals surface area contributed by atoms with Crippen LogP contribution in [0.2, 0.25) is 0 Å². The maximum Gasteiger partial charge on any atom is 0.407 e. The van der Waals surface area contributed by atoms with Crippen LogP contribution in [-0.2, 0) is 19.1 Å². The number of likely N-dealkylation sites (N-methyl/N-ethyl adjacent to an activating group) is 1. The Morgan fingerprint density at radius 3 is 2.10 bits per heavy atom. The van der Waals surface area contributed by atoms with E-state index in [1.165, 1.54) is 14.2 Å². The van der Waals surface area contributed by atoms with E-state index in [0.29, 0.717) is 0 Å².